The van der Waals surface area contributed by atoms with Crippen LogP contribution in [0.1, 0.15) is 12.5 Å². The van der Waals surface area contributed by atoms with Gasteiger partial charge in [-0.3, -0.25) is 9.69 Å². The molecule has 128 valence electrons. The van der Waals surface area contributed by atoms with Crippen LogP contribution >= 0.6 is 0 Å². The van der Waals surface area contributed by atoms with Crippen LogP contribution in [0.15, 0.2) is 54.6 Å². The summed E-state index contributed by atoms with van der Waals surface area (Å²) in [6.45, 7) is 5.49. The zero-order valence-corrected chi connectivity index (χ0v) is 14.4. The molecule has 0 spiro atoms. The van der Waals surface area contributed by atoms with E-state index in [4.69, 9.17) is 5.26 Å². The number of carbonyl (C=O) groups excluding carboxylic acids is 1. The predicted molar refractivity (Wildman–Crippen MR) is 99.5 cm³/mol. The van der Waals surface area contributed by atoms with Gasteiger partial charge in [-0.05, 0) is 43.3 Å². The molecular formula is C20H22N4O. The molecule has 5 heteroatoms. The Kier molecular flexibility index (Phi) is 5.32. The van der Waals surface area contributed by atoms with Crippen LogP contribution in [0.3, 0.4) is 0 Å². The van der Waals surface area contributed by atoms with Crippen molar-refractivity contribution in [3.8, 4) is 6.07 Å². The Morgan fingerprint density at radius 2 is 1.68 bits per heavy atom. The lowest BCUT2D eigenvalue weighted by Crippen LogP contribution is -2.52. The van der Waals surface area contributed by atoms with E-state index >= 15 is 0 Å². The quantitative estimate of drug-likeness (QED) is 0.934. The van der Waals surface area contributed by atoms with Crippen molar-refractivity contribution >= 4 is 17.3 Å². The van der Waals surface area contributed by atoms with Gasteiger partial charge in [0.1, 0.15) is 0 Å². The Morgan fingerprint density at radius 3 is 2.28 bits per heavy atom. The van der Waals surface area contributed by atoms with E-state index < -0.39 is 0 Å². The SMILES string of the molecule is C[C@@H](C(=O)Nc1ccc(C#N)cc1)N1CCN(c2ccccc2)CC1. The molecule has 0 bridgehead atoms. The average molecular weight is 334 g/mol. The van der Waals surface area contributed by atoms with Crippen molar-refractivity contribution in [2.75, 3.05) is 36.4 Å². The number of rotatable bonds is 4. The zero-order chi connectivity index (χ0) is 17.6. The third-order valence-electron chi connectivity index (χ3n) is 4.64. The molecule has 1 aliphatic rings. The van der Waals surface area contributed by atoms with Crippen molar-refractivity contribution in [1.29, 1.82) is 5.26 Å². The van der Waals surface area contributed by atoms with Crippen molar-refractivity contribution in [3.05, 3.63) is 60.2 Å². The van der Waals surface area contributed by atoms with Gasteiger partial charge in [0.05, 0.1) is 17.7 Å². The molecule has 1 saturated heterocycles. The fourth-order valence-electron chi connectivity index (χ4n) is 3.05. The first-order valence-electron chi connectivity index (χ1n) is 8.52. The van der Waals surface area contributed by atoms with Gasteiger partial charge in [0.15, 0.2) is 0 Å². The molecule has 3 rings (SSSR count). The van der Waals surface area contributed by atoms with Gasteiger partial charge in [0, 0.05) is 37.6 Å². The second-order valence-corrected chi connectivity index (χ2v) is 6.21. The van der Waals surface area contributed by atoms with Crippen molar-refractivity contribution < 1.29 is 4.79 Å². The Morgan fingerprint density at radius 1 is 1.04 bits per heavy atom. The Labute approximate surface area is 148 Å². The van der Waals surface area contributed by atoms with Gasteiger partial charge in [-0.1, -0.05) is 18.2 Å². The van der Waals surface area contributed by atoms with E-state index in [-0.39, 0.29) is 11.9 Å². The summed E-state index contributed by atoms with van der Waals surface area (Å²) in [6, 6.07) is 19.2. The summed E-state index contributed by atoms with van der Waals surface area (Å²) in [5.74, 6) is -0.0159. The summed E-state index contributed by atoms with van der Waals surface area (Å²) in [5, 5.41) is 11.8. The molecule has 25 heavy (non-hydrogen) atoms. The summed E-state index contributed by atoms with van der Waals surface area (Å²) in [6.07, 6.45) is 0. The van der Waals surface area contributed by atoms with Gasteiger partial charge in [-0.25, -0.2) is 0 Å². The maximum atomic E-state index is 12.5. The van der Waals surface area contributed by atoms with Crippen molar-refractivity contribution in [1.82, 2.24) is 4.90 Å². The van der Waals surface area contributed by atoms with Gasteiger partial charge in [-0.15, -0.1) is 0 Å². The van der Waals surface area contributed by atoms with Crippen LogP contribution < -0.4 is 10.2 Å². The van der Waals surface area contributed by atoms with E-state index in [0.29, 0.717) is 5.56 Å². The topological polar surface area (TPSA) is 59.4 Å². The first-order valence-corrected chi connectivity index (χ1v) is 8.52. The Balaban J connectivity index is 1.54. The van der Waals surface area contributed by atoms with E-state index in [9.17, 15) is 4.79 Å². The number of nitrogens with zero attached hydrogens (tertiary/aromatic N) is 3. The van der Waals surface area contributed by atoms with E-state index in [1.807, 2.05) is 13.0 Å². The zero-order valence-electron chi connectivity index (χ0n) is 14.4. The van der Waals surface area contributed by atoms with Gasteiger partial charge in [-0.2, -0.15) is 5.26 Å². The first-order chi connectivity index (χ1) is 12.2. The number of piperazine rings is 1. The minimum Gasteiger partial charge on any atom is -0.369 e. The molecule has 0 aromatic heterocycles. The van der Waals surface area contributed by atoms with Crippen LogP contribution in [0, 0.1) is 11.3 Å². The average Bonchev–Trinajstić information content (AvgIpc) is 2.69. The lowest BCUT2D eigenvalue weighted by molar-refractivity contribution is -0.120. The standard InChI is InChI=1S/C20H22N4O/c1-16(20(25)22-18-9-7-17(15-21)8-10-18)23-11-13-24(14-12-23)19-5-3-2-4-6-19/h2-10,16H,11-14H2,1H3,(H,22,25)/t16-/m0/s1. The number of nitrogens with one attached hydrogen (secondary N) is 1. The lowest BCUT2D eigenvalue weighted by Gasteiger charge is -2.38. The minimum atomic E-state index is -0.187. The Bertz CT molecular complexity index is 744. The number of para-hydroxylation sites is 1. The number of anilines is 2. The van der Waals surface area contributed by atoms with E-state index in [1.165, 1.54) is 5.69 Å². The summed E-state index contributed by atoms with van der Waals surface area (Å²) in [7, 11) is 0. The molecule has 0 radical (unpaired) electrons. The van der Waals surface area contributed by atoms with Crippen LogP contribution in [-0.2, 0) is 4.79 Å². The molecule has 0 unspecified atom stereocenters. The Hall–Kier alpha value is -2.84. The molecule has 0 aliphatic carbocycles. The van der Waals surface area contributed by atoms with Gasteiger partial charge in [0.25, 0.3) is 0 Å². The van der Waals surface area contributed by atoms with Crippen LogP contribution in [0.25, 0.3) is 0 Å². The van der Waals surface area contributed by atoms with Gasteiger partial charge >= 0.3 is 0 Å². The van der Waals surface area contributed by atoms with Crippen molar-refractivity contribution in [2.24, 2.45) is 0 Å². The van der Waals surface area contributed by atoms with Crippen LogP contribution in [0.4, 0.5) is 11.4 Å². The molecular weight excluding hydrogens is 312 g/mol. The van der Waals surface area contributed by atoms with Crippen LogP contribution in [-0.4, -0.2) is 43.0 Å². The third kappa shape index (κ3) is 4.17. The number of benzene rings is 2. The van der Waals surface area contributed by atoms with Crippen molar-refractivity contribution in [2.45, 2.75) is 13.0 Å². The van der Waals surface area contributed by atoms with E-state index in [2.05, 4.69) is 45.5 Å². The van der Waals surface area contributed by atoms with Crippen LogP contribution in [0.2, 0.25) is 0 Å². The van der Waals surface area contributed by atoms with E-state index in [1.54, 1.807) is 24.3 Å². The highest BCUT2D eigenvalue weighted by atomic mass is 16.2. The first kappa shape index (κ1) is 17.0. The number of nitriles is 1. The van der Waals surface area contributed by atoms with Gasteiger partial charge < -0.3 is 10.2 Å². The second-order valence-electron chi connectivity index (χ2n) is 6.21. The molecule has 0 saturated carbocycles. The molecule has 2 aromatic carbocycles. The predicted octanol–water partition coefficient (Wildman–Crippen LogP) is 2.71. The molecule has 5 nitrogen and oxygen atoms in total. The number of amides is 1. The summed E-state index contributed by atoms with van der Waals surface area (Å²) < 4.78 is 0. The second kappa shape index (κ2) is 7.82. The highest BCUT2D eigenvalue weighted by molar-refractivity contribution is 5.94. The summed E-state index contributed by atoms with van der Waals surface area (Å²) in [4.78, 5) is 17.0. The lowest BCUT2D eigenvalue weighted by atomic mass is 10.2. The van der Waals surface area contributed by atoms with Crippen molar-refractivity contribution in [3.63, 3.8) is 0 Å². The molecule has 1 heterocycles. The normalized spacial score (nSPS) is 16.1. The molecule has 1 amide bonds. The molecule has 1 fully saturated rings. The maximum Gasteiger partial charge on any atom is 0.241 e. The van der Waals surface area contributed by atoms with E-state index in [0.717, 1.165) is 31.9 Å². The van der Waals surface area contributed by atoms with Gasteiger partial charge in [0.2, 0.25) is 5.91 Å². The largest absolute Gasteiger partial charge is 0.369 e. The fourth-order valence-corrected chi connectivity index (χ4v) is 3.05. The highest BCUT2D eigenvalue weighted by Crippen LogP contribution is 2.17. The maximum absolute atomic E-state index is 12.5. The van der Waals surface area contributed by atoms with Crippen LogP contribution in [0.5, 0.6) is 0 Å². The fraction of sp³-hybridized carbons (Fsp3) is 0.300. The summed E-state index contributed by atoms with van der Waals surface area (Å²) >= 11 is 0. The number of carbonyl (C=O) groups is 1. The molecule has 2 aromatic rings. The monoisotopic (exact) mass is 334 g/mol. The third-order valence-corrected chi connectivity index (χ3v) is 4.64. The minimum absolute atomic E-state index is 0.0159. The number of hydrogen-bond acceptors (Lipinski definition) is 4. The highest BCUT2D eigenvalue weighted by Gasteiger charge is 2.25. The molecule has 1 aliphatic heterocycles. The summed E-state index contributed by atoms with van der Waals surface area (Å²) in [5.41, 5.74) is 2.54. The number of hydrogen-bond donors (Lipinski definition) is 1. The molecule has 1 atom stereocenters. The molecule has 1 N–H and O–H groups in total. The smallest absolute Gasteiger partial charge is 0.241 e.